The maximum atomic E-state index is 12.8. The number of carbonyl (C=O) groups is 1. The molecule has 0 N–H and O–H groups in total. The Morgan fingerprint density at radius 2 is 2.05 bits per heavy atom. The second-order valence-electron chi connectivity index (χ2n) is 6.15. The second-order valence-corrected chi connectivity index (χ2v) is 6.15. The van der Waals surface area contributed by atoms with Gasteiger partial charge in [0.15, 0.2) is 0 Å². The third-order valence-corrected chi connectivity index (χ3v) is 4.27. The minimum atomic E-state index is 0.0257. The highest BCUT2D eigenvalue weighted by Crippen LogP contribution is 2.28. The zero-order valence-corrected chi connectivity index (χ0v) is 12.8. The predicted molar refractivity (Wildman–Crippen MR) is 80.2 cm³/mol. The van der Waals surface area contributed by atoms with Crippen LogP contribution in [0.3, 0.4) is 0 Å². The van der Waals surface area contributed by atoms with Gasteiger partial charge in [-0.15, -0.1) is 0 Å². The van der Waals surface area contributed by atoms with Crippen molar-refractivity contribution < 1.29 is 14.3 Å². The maximum Gasteiger partial charge on any atom is 0.226 e. The molecule has 3 rings (SSSR count). The van der Waals surface area contributed by atoms with Gasteiger partial charge in [0.1, 0.15) is 11.9 Å². The van der Waals surface area contributed by atoms with Gasteiger partial charge in [-0.05, 0) is 32.8 Å². The number of carbonyl (C=O) groups excluding carboxylic acids is 1. The highest BCUT2D eigenvalue weighted by Gasteiger charge is 2.30. The summed E-state index contributed by atoms with van der Waals surface area (Å²) < 4.78 is 11.3. The number of fused-ring (bicyclic) bond motifs is 1. The Balaban J connectivity index is 1.80. The van der Waals surface area contributed by atoms with Gasteiger partial charge in [-0.1, -0.05) is 17.7 Å². The summed E-state index contributed by atoms with van der Waals surface area (Å²) in [4.78, 5) is 14.7. The van der Waals surface area contributed by atoms with E-state index >= 15 is 0 Å². The summed E-state index contributed by atoms with van der Waals surface area (Å²) in [7, 11) is 0. The molecule has 4 nitrogen and oxygen atoms in total. The first-order valence-corrected chi connectivity index (χ1v) is 7.76. The standard InChI is InChI=1S/C17H23NO3/c1-12-3-4-16-15(9-12)11-18(10-13(2)21-16)17(19)14-5-7-20-8-6-14/h3-4,9,13-14H,5-8,10-11H2,1-2H3. The van der Waals surface area contributed by atoms with Gasteiger partial charge < -0.3 is 14.4 Å². The van der Waals surface area contributed by atoms with Crippen LogP contribution in [0.5, 0.6) is 5.75 Å². The molecular formula is C17H23NO3. The highest BCUT2D eigenvalue weighted by atomic mass is 16.5. The lowest BCUT2D eigenvalue weighted by atomic mass is 9.98. The molecule has 21 heavy (non-hydrogen) atoms. The van der Waals surface area contributed by atoms with Crippen LogP contribution in [0.2, 0.25) is 0 Å². The van der Waals surface area contributed by atoms with E-state index in [-0.39, 0.29) is 17.9 Å². The molecule has 0 bridgehead atoms. The summed E-state index contributed by atoms with van der Waals surface area (Å²) in [5.74, 6) is 1.27. The Morgan fingerprint density at radius 1 is 1.29 bits per heavy atom. The Kier molecular flexibility index (Phi) is 4.15. The number of aryl methyl sites for hydroxylation is 1. The Hall–Kier alpha value is -1.55. The Bertz CT molecular complexity index is 523. The molecule has 0 spiro atoms. The molecule has 1 saturated heterocycles. The van der Waals surface area contributed by atoms with Gasteiger partial charge in [-0.3, -0.25) is 4.79 Å². The third-order valence-electron chi connectivity index (χ3n) is 4.27. The van der Waals surface area contributed by atoms with Crippen molar-refractivity contribution in [1.82, 2.24) is 4.90 Å². The van der Waals surface area contributed by atoms with Crippen LogP contribution in [0.25, 0.3) is 0 Å². The van der Waals surface area contributed by atoms with Crippen LogP contribution in [-0.2, 0) is 16.1 Å². The van der Waals surface area contributed by atoms with Crippen LogP contribution < -0.4 is 4.74 Å². The molecule has 114 valence electrons. The van der Waals surface area contributed by atoms with Crippen molar-refractivity contribution in [2.75, 3.05) is 19.8 Å². The molecule has 1 amide bonds. The van der Waals surface area contributed by atoms with E-state index in [1.54, 1.807) is 0 Å². The van der Waals surface area contributed by atoms with Crippen molar-refractivity contribution in [3.05, 3.63) is 29.3 Å². The average Bonchev–Trinajstić information content (AvgIpc) is 2.65. The SMILES string of the molecule is Cc1ccc2c(c1)CN(C(=O)C1CCOCC1)CC(C)O2. The van der Waals surface area contributed by atoms with Crippen molar-refractivity contribution in [2.45, 2.75) is 39.3 Å². The van der Waals surface area contributed by atoms with Crippen LogP contribution in [0, 0.1) is 12.8 Å². The smallest absolute Gasteiger partial charge is 0.226 e. The lowest BCUT2D eigenvalue weighted by Crippen LogP contribution is -2.41. The first-order valence-electron chi connectivity index (χ1n) is 7.76. The first-order chi connectivity index (χ1) is 10.1. The molecule has 2 aliphatic rings. The van der Waals surface area contributed by atoms with E-state index in [4.69, 9.17) is 9.47 Å². The molecule has 2 aliphatic heterocycles. The molecular weight excluding hydrogens is 266 g/mol. The minimum Gasteiger partial charge on any atom is -0.489 e. The Morgan fingerprint density at radius 3 is 2.81 bits per heavy atom. The monoisotopic (exact) mass is 289 g/mol. The first kappa shape index (κ1) is 14.4. The number of benzene rings is 1. The van der Waals surface area contributed by atoms with Crippen LogP contribution in [0.1, 0.15) is 30.9 Å². The molecule has 1 aromatic rings. The average molecular weight is 289 g/mol. The van der Waals surface area contributed by atoms with E-state index in [1.165, 1.54) is 5.56 Å². The lowest BCUT2D eigenvalue weighted by Gasteiger charge is -2.29. The zero-order valence-electron chi connectivity index (χ0n) is 12.8. The molecule has 0 radical (unpaired) electrons. The number of hydrogen-bond donors (Lipinski definition) is 0. The molecule has 0 aromatic heterocycles. The third kappa shape index (κ3) is 3.21. The number of amides is 1. The highest BCUT2D eigenvalue weighted by molar-refractivity contribution is 5.79. The van der Waals surface area contributed by atoms with Crippen LogP contribution in [0.15, 0.2) is 18.2 Å². The van der Waals surface area contributed by atoms with E-state index in [0.717, 1.165) is 24.2 Å². The summed E-state index contributed by atoms with van der Waals surface area (Å²) in [6.07, 6.45) is 1.70. The van der Waals surface area contributed by atoms with Gasteiger partial charge in [-0.25, -0.2) is 0 Å². The van der Waals surface area contributed by atoms with Crippen molar-refractivity contribution in [3.63, 3.8) is 0 Å². The van der Waals surface area contributed by atoms with Gasteiger partial charge in [-0.2, -0.15) is 0 Å². The van der Waals surface area contributed by atoms with Gasteiger partial charge in [0.05, 0.1) is 6.54 Å². The summed E-state index contributed by atoms with van der Waals surface area (Å²) in [6.45, 7) is 6.80. The maximum absolute atomic E-state index is 12.8. The largest absolute Gasteiger partial charge is 0.489 e. The lowest BCUT2D eigenvalue weighted by molar-refractivity contribution is -0.139. The van der Waals surface area contributed by atoms with Crippen molar-refractivity contribution in [1.29, 1.82) is 0 Å². The molecule has 1 atom stereocenters. The summed E-state index contributed by atoms with van der Waals surface area (Å²) >= 11 is 0. The molecule has 0 saturated carbocycles. The van der Waals surface area contributed by atoms with Crippen molar-refractivity contribution >= 4 is 5.91 Å². The molecule has 1 aromatic carbocycles. The predicted octanol–water partition coefficient (Wildman–Crippen LogP) is 2.53. The molecule has 1 fully saturated rings. The zero-order chi connectivity index (χ0) is 14.8. The summed E-state index contributed by atoms with van der Waals surface area (Å²) in [5, 5.41) is 0. The van der Waals surface area contributed by atoms with Gasteiger partial charge in [0, 0.05) is 31.2 Å². The van der Waals surface area contributed by atoms with E-state index in [9.17, 15) is 4.79 Å². The quantitative estimate of drug-likeness (QED) is 0.797. The van der Waals surface area contributed by atoms with Gasteiger partial charge in [0.2, 0.25) is 5.91 Å². The number of rotatable bonds is 1. The number of ether oxygens (including phenoxy) is 2. The number of hydrogen-bond acceptors (Lipinski definition) is 3. The van der Waals surface area contributed by atoms with Crippen molar-refractivity contribution in [2.24, 2.45) is 5.92 Å². The number of nitrogens with zero attached hydrogens (tertiary/aromatic N) is 1. The van der Waals surface area contributed by atoms with Gasteiger partial charge >= 0.3 is 0 Å². The normalized spacial score (nSPS) is 23.1. The van der Waals surface area contributed by atoms with Crippen LogP contribution in [0.4, 0.5) is 0 Å². The molecule has 2 heterocycles. The van der Waals surface area contributed by atoms with E-state index < -0.39 is 0 Å². The summed E-state index contributed by atoms with van der Waals surface area (Å²) in [5.41, 5.74) is 2.31. The van der Waals surface area contributed by atoms with E-state index in [0.29, 0.717) is 26.3 Å². The van der Waals surface area contributed by atoms with Crippen molar-refractivity contribution in [3.8, 4) is 5.75 Å². The fraction of sp³-hybridized carbons (Fsp3) is 0.588. The molecule has 0 aliphatic carbocycles. The Labute approximate surface area is 126 Å². The van der Waals surface area contributed by atoms with Gasteiger partial charge in [0.25, 0.3) is 0 Å². The topological polar surface area (TPSA) is 38.8 Å². The summed E-state index contributed by atoms with van der Waals surface area (Å²) in [6, 6.07) is 6.20. The molecule has 4 heteroatoms. The minimum absolute atomic E-state index is 0.0257. The fourth-order valence-electron chi connectivity index (χ4n) is 3.15. The fourth-order valence-corrected chi connectivity index (χ4v) is 3.15. The van der Waals surface area contributed by atoms with E-state index in [1.807, 2.05) is 17.9 Å². The molecule has 1 unspecified atom stereocenters. The second kappa shape index (κ2) is 6.06. The van der Waals surface area contributed by atoms with Crippen LogP contribution in [-0.4, -0.2) is 36.7 Å². The van der Waals surface area contributed by atoms with E-state index in [2.05, 4.69) is 19.1 Å². The van der Waals surface area contributed by atoms with Crippen LogP contribution >= 0.6 is 0 Å².